The fourth-order valence-corrected chi connectivity index (χ4v) is 7.65. The van der Waals surface area contributed by atoms with Gasteiger partial charge in [0.2, 0.25) is 0 Å². The molecule has 5 atom stereocenters. The van der Waals surface area contributed by atoms with Crippen molar-refractivity contribution in [3.63, 3.8) is 0 Å². The Bertz CT molecular complexity index is 958. The highest BCUT2D eigenvalue weighted by atomic mass is 16.5. The van der Waals surface area contributed by atoms with Gasteiger partial charge in [-0.1, -0.05) is 13.0 Å². The molecule has 190 valence electrons. The van der Waals surface area contributed by atoms with Crippen molar-refractivity contribution >= 4 is 11.8 Å². The van der Waals surface area contributed by atoms with E-state index < -0.39 is 0 Å². The van der Waals surface area contributed by atoms with E-state index in [-0.39, 0.29) is 11.8 Å². The van der Waals surface area contributed by atoms with Gasteiger partial charge in [-0.05, 0) is 117 Å². The number of ether oxygens (including phenoxy) is 1. The van der Waals surface area contributed by atoms with Gasteiger partial charge < -0.3 is 15.4 Å². The van der Waals surface area contributed by atoms with Crippen LogP contribution >= 0.6 is 0 Å². The molecule has 1 aromatic carbocycles. The highest BCUT2D eigenvalue weighted by Crippen LogP contribution is 2.60. The SMILES string of the molecule is COc1ccc2c(c1)CC[C@@H]1[C@@H]2CC[C@]2(C)C(NCCCNCCCN3C(=O)C=CC3=O)CC[C@@H]12. The number of hydrogen-bond acceptors (Lipinski definition) is 5. The van der Waals surface area contributed by atoms with Crippen molar-refractivity contribution < 1.29 is 14.3 Å². The van der Waals surface area contributed by atoms with Crippen molar-refractivity contribution in [2.75, 3.05) is 33.3 Å². The van der Waals surface area contributed by atoms with Gasteiger partial charge >= 0.3 is 0 Å². The van der Waals surface area contributed by atoms with E-state index in [1.165, 1.54) is 61.1 Å². The minimum atomic E-state index is -0.186. The fraction of sp³-hybridized carbons (Fsp3) is 0.655. The Labute approximate surface area is 209 Å². The molecule has 2 saturated carbocycles. The minimum absolute atomic E-state index is 0.186. The van der Waals surface area contributed by atoms with Crippen molar-refractivity contribution in [1.29, 1.82) is 0 Å². The molecule has 1 aliphatic heterocycles. The number of fused-ring (bicyclic) bond motifs is 5. The smallest absolute Gasteiger partial charge is 0.253 e. The molecule has 2 fully saturated rings. The number of rotatable bonds is 10. The Morgan fingerprint density at radius 3 is 2.63 bits per heavy atom. The van der Waals surface area contributed by atoms with Gasteiger partial charge in [-0.2, -0.15) is 0 Å². The van der Waals surface area contributed by atoms with Crippen LogP contribution in [0.1, 0.15) is 68.9 Å². The summed E-state index contributed by atoms with van der Waals surface area (Å²) in [5.74, 6) is 3.01. The summed E-state index contributed by atoms with van der Waals surface area (Å²) < 4.78 is 5.48. The number of carbonyl (C=O) groups is 2. The van der Waals surface area contributed by atoms with E-state index >= 15 is 0 Å². The lowest BCUT2D eigenvalue weighted by atomic mass is 9.55. The number of imide groups is 1. The molecule has 0 radical (unpaired) electrons. The molecule has 2 amide bonds. The minimum Gasteiger partial charge on any atom is -0.497 e. The van der Waals surface area contributed by atoms with Gasteiger partial charge in [-0.3, -0.25) is 14.5 Å². The number of methoxy groups -OCH3 is 1. The normalized spacial score (nSPS) is 31.4. The van der Waals surface area contributed by atoms with Crippen LogP contribution in [0.25, 0.3) is 0 Å². The lowest BCUT2D eigenvalue weighted by molar-refractivity contribution is -0.136. The van der Waals surface area contributed by atoms with Crippen LogP contribution in [0.4, 0.5) is 0 Å². The second-order valence-electron chi connectivity index (χ2n) is 11.2. The second kappa shape index (κ2) is 10.4. The summed E-state index contributed by atoms with van der Waals surface area (Å²) in [6.45, 7) is 5.90. The zero-order valence-electron chi connectivity index (χ0n) is 21.4. The van der Waals surface area contributed by atoms with Crippen LogP contribution in [-0.2, 0) is 16.0 Å². The van der Waals surface area contributed by atoms with Gasteiger partial charge in [-0.15, -0.1) is 0 Å². The zero-order valence-corrected chi connectivity index (χ0v) is 21.4. The first-order valence-electron chi connectivity index (χ1n) is 13.7. The van der Waals surface area contributed by atoms with Crippen molar-refractivity contribution in [2.24, 2.45) is 17.3 Å². The van der Waals surface area contributed by atoms with E-state index in [1.54, 1.807) is 12.7 Å². The molecule has 4 aliphatic rings. The molecular weight excluding hydrogens is 438 g/mol. The Hall–Kier alpha value is -2.18. The van der Waals surface area contributed by atoms with E-state index in [1.807, 2.05) is 0 Å². The maximum atomic E-state index is 11.6. The molecule has 1 aromatic rings. The van der Waals surface area contributed by atoms with Crippen molar-refractivity contribution in [1.82, 2.24) is 15.5 Å². The Morgan fingerprint density at radius 1 is 1.03 bits per heavy atom. The van der Waals surface area contributed by atoms with Crippen LogP contribution in [-0.4, -0.2) is 56.0 Å². The summed E-state index contributed by atoms with van der Waals surface area (Å²) in [6, 6.07) is 7.41. The molecule has 1 unspecified atom stereocenters. The van der Waals surface area contributed by atoms with Crippen LogP contribution in [0.2, 0.25) is 0 Å². The molecule has 3 aliphatic carbocycles. The third kappa shape index (κ3) is 4.79. The molecule has 0 saturated heterocycles. The third-order valence-corrected chi connectivity index (χ3v) is 9.49. The summed E-state index contributed by atoms with van der Waals surface area (Å²) in [6.07, 6.45) is 12.4. The van der Waals surface area contributed by atoms with Crippen LogP contribution in [0.5, 0.6) is 5.75 Å². The van der Waals surface area contributed by atoms with E-state index in [2.05, 4.69) is 35.8 Å². The highest BCUT2D eigenvalue weighted by Gasteiger charge is 2.54. The van der Waals surface area contributed by atoms with Crippen LogP contribution in [0.15, 0.2) is 30.4 Å². The number of amides is 2. The molecule has 5 rings (SSSR count). The Balaban J connectivity index is 1.05. The Kier molecular flexibility index (Phi) is 7.31. The van der Waals surface area contributed by atoms with Crippen LogP contribution in [0.3, 0.4) is 0 Å². The molecule has 6 heteroatoms. The number of carbonyl (C=O) groups excluding carboxylic acids is 2. The molecule has 2 N–H and O–H groups in total. The molecule has 1 heterocycles. The van der Waals surface area contributed by atoms with Crippen LogP contribution in [0, 0.1) is 17.3 Å². The quantitative estimate of drug-likeness (QED) is 0.395. The van der Waals surface area contributed by atoms with Gasteiger partial charge in [0.15, 0.2) is 0 Å². The van der Waals surface area contributed by atoms with Gasteiger partial charge in [0, 0.05) is 24.7 Å². The summed E-state index contributed by atoms with van der Waals surface area (Å²) in [5.41, 5.74) is 3.53. The average Bonchev–Trinajstić information content (AvgIpc) is 3.38. The average molecular weight is 480 g/mol. The molecule has 0 bridgehead atoms. The van der Waals surface area contributed by atoms with E-state index in [0.717, 1.165) is 56.0 Å². The second-order valence-corrected chi connectivity index (χ2v) is 11.2. The van der Waals surface area contributed by atoms with Gasteiger partial charge in [0.05, 0.1) is 7.11 Å². The van der Waals surface area contributed by atoms with Crippen molar-refractivity contribution in [3.8, 4) is 5.75 Å². The number of hydrogen-bond donors (Lipinski definition) is 2. The lowest BCUT2D eigenvalue weighted by Gasteiger charge is -2.51. The predicted molar refractivity (Wildman–Crippen MR) is 137 cm³/mol. The number of aryl methyl sites for hydroxylation is 1. The van der Waals surface area contributed by atoms with E-state index in [4.69, 9.17) is 4.74 Å². The summed E-state index contributed by atoms with van der Waals surface area (Å²) in [4.78, 5) is 24.5. The zero-order chi connectivity index (χ0) is 24.4. The van der Waals surface area contributed by atoms with Gasteiger partial charge in [-0.25, -0.2) is 0 Å². The maximum Gasteiger partial charge on any atom is 0.253 e. The monoisotopic (exact) mass is 479 g/mol. The fourth-order valence-electron chi connectivity index (χ4n) is 7.65. The number of benzene rings is 1. The topological polar surface area (TPSA) is 70.7 Å². The molecule has 0 spiro atoms. The predicted octanol–water partition coefficient (Wildman–Crippen LogP) is 3.80. The Morgan fingerprint density at radius 2 is 1.83 bits per heavy atom. The number of nitrogens with one attached hydrogen (secondary N) is 2. The van der Waals surface area contributed by atoms with E-state index in [0.29, 0.717) is 18.0 Å². The molecule has 6 nitrogen and oxygen atoms in total. The first-order chi connectivity index (χ1) is 17.0. The summed E-state index contributed by atoms with van der Waals surface area (Å²) in [5, 5.41) is 7.40. The van der Waals surface area contributed by atoms with Crippen molar-refractivity contribution in [2.45, 2.75) is 70.3 Å². The molecular formula is C29H41N3O3. The number of nitrogens with zero attached hydrogens (tertiary/aromatic N) is 1. The lowest BCUT2D eigenvalue weighted by Crippen LogP contribution is -2.49. The highest BCUT2D eigenvalue weighted by molar-refractivity contribution is 6.12. The molecule has 35 heavy (non-hydrogen) atoms. The van der Waals surface area contributed by atoms with Gasteiger partial charge in [0.1, 0.15) is 5.75 Å². The molecule has 0 aromatic heterocycles. The van der Waals surface area contributed by atoms with Gasteiger partial charge in [0.25, 0.3) is 11.8 Å². The standard InChI is InChI=1S/C29H41N3O3/c1-29-14-13-23-22-8-6-21(35-2)19-20(22)5-7-24(23)25(29)9-10-26(29)31-17-3-15-30-16-4-18-32-27(33)11-12-28(32)34/h6,8,11-12,19,23-26,30-31H,3-5,7,9-10,13-18H2,1-2H3/t23-,24-,25+,26?,29+/m1/s1. The summed E-state index contributed by atoms with van der Waals surface area (Å²) in [7, 11) is 1.76. The first-order valence-corrected chi connectivity index (χ1v) is 13.7. The summed E-state index contributed by atoms with van der Waals surface area (Å²) >= 11 is 0. The maximum absolute atomic E-state index is 11.6. The third-order valence-electron chi connectivity index (χ3n) is 9.49. The first kappa shape index (κ1) is 24.5. The van der Waals surface area contributed by atoms with Crippen LogP contribution < -0.4 is 15.4 Å². The van der Waals surface area contributed by atoms with Crippen molar-refractivity contribution in [3.05, 3.63) is 41.5 Å². The largest absolute Gasteiger partial charge is 0.497 e. The van der Waals surface area contributed by atoms with E-state index in [9.17, 15) is 9.59 Å².